The van der Waals surface area contributed by atoms with Crippen LogP contribution in [0.4, 0.5) is 22.0 Å². The van der Waals surface area contributed by atoms with Crippen LogP contribution in [0.2, 0.25) is 36.3 Å². The Labute approximate surface area is 288 Å². The number of hydrogen-bond acceptors (Lipinski definition) is 0. The van der Waals surface area contributed by atoms with E-state index in [9.17, 15) is 22.0 Å². The summed E-state index contributed by atoms with van der Waals surface area (Å²) in [5, 5.41) is 0. The zero-order valence-electron chi connectivity index (χ0n) is 29.8. The molecule has 2 aromatic rings. The zero-order valence-corrected chi connectivity index (χ0v) is 33.4. The van der Waals surface area contributed by atoms with Gasteiger partial charge in [-0.1, -0.05) is 170 Å². The van der Waals surface area contributed by atoms with E-state index in [1.54, 1.807) is 32.9 Å². The molecule has 0 aliphatic carbocycles. The van der Waals surface area contributed by atoms with E-state index in [1.165, 1.54) is 54.1 Å². The van der Waals surface area contributed by atoms with Gasteiger partial charge < -0.3 is 0 Å². The first-order valence-corrected chi connectivity index (χ1v) is 23.5. The van der Waals surface area contributed by atoms with Crippen molar-refractivity contribution in [1.82, 2.24) is 0 Å². The summed E-state index contributed by atoms with van der Waals surface area (Å²) in [7, 11) is -4.69. The first-order valence-electron chi connectivity index (χ1n) is 17.5. The van der Waals surface area contributed by atoms with Crippen molar-refractivity contribution < 1.29 is 22.0 Å². The molecule has 2 rings (SSSR count). The maximum atomic E-state index is 14.7. The molecule has 0 fully saturated rings. The number of benzene rings is 2. The van der Waals surface area contributed by atoms with E-state index < -0.39 is 39.0 Å². The summed E-state index contributed by atoms with van der Waals surface area (Å²) in [5.74, 6) is -0.627. The predicted octanol–water partition coefficient (Wildman–Crippen LogP) is 15.4. The van der Waals surface area contributed by atoms with Gasteiger partial charge in [-0.25, -0.2) is 13.2 Å². The molecule has 0 unspecified atom stereocenters. The van der Waals surface area contributed by atoms with Crippen LogP contribution in [0.5, 0.6) is 0 Å². The number of halogens is 6. The van der Waals surface area contributed by atoms with Crippen molar-refractivity contribution in [3.63, 3.8) is 0 Å². The lowest BCUT2D eigenvalue weighted by Crippen LogP contribution is -2.33. The summed E-state index contributed by atoms with van der Waals surface area (Å²) in [6.45, 7) is 15.8. The van der Waals surface area contributed by atoms with E-state index in [2.05, 4.69) is 54.0 Å². The van der Waals surface area contributed by atoms with Crippen LogP contribution in [-0.2, 0) is 12.8 Å². The molecule has 0 heterocycles. The number of unbranched alkanes of at least 4 members (excludes halogenated alkanes) is 4. The van der Waals surface area contributed by atoms with Crippen LogP contribution < -0.4 is 0 Å². The molecule has 0 aromatic heterocycles. The van der Waals surface area contributed by atoms with Gasteiger partial charge in [0.25, 0.3) is 6.08 Å². The van der Waals surface area contributed by atoms with Crippen molar-refractivity contribution in [1.29, 1.82) is 0 Å². The summed E-state index contributed by atoms with van der Waals surface area (Å²) in [6, 6.07) is 19.9. The maximum absolute atomic E-state index is 14.7. The minimum atomic E-state index is -2.42. The molecule has 0 amide bonds. The molecular formula is C38H60BrF5Si2. The number of aryl methyl sites for hydroxylation is 2. The van der Waals surface area contributed by atoms with Gasteiger partial charge in [0.05, 0.1) is 0 Å². The van der Waals surface area contributed by atoms with Crippen molar-refractivity contribution >= 4 is 37.9 Å². The molecule has 0 atom stereocenters. The van der Waals surface area contributed by atoms with Gasteiger partial charge in [0.1, 0.15) is 27.0 Å². The lowest BCUT2D eigenvalue weighted by molar-refractivity contribution is 0.390. The Morgan fingerprint density at radius 1 is 0.500 bits per heavy atom. The minimum absolute atomic E-state index is 0.393. The summed E-state index contributed by atoms with van der Waals surface area (Å²) in [6.07, 6.45) is 7.65. The Balaban J connectivity index is 0.000000717. The third-order valence-corrected chi connectivity index (χ3v) is 20.5. The highest BCUT2D eigenvalue weighted by molar-refractivity contribution is 9.10. The summed E-state index contributed by atoms with van der Waals surface area (Å²) in [5.41, 5.74) is 1.51. The second-order valence-corrected chi connectivity index (χ2v) is 23.3. The summed E-state index contributed by atoms with van der Waals surface area (Å²) >= 11 is 3.43. The van der Waals surface area contributed by atoms with Crippen molar-refractivity contribution in [2.45, 2.75) is 143 Å². The van der Waals surface area contributed by atoms with Crippen molar-refractivity contribution in [3.8, 4) is 0 Å². The monoisotopic (exact) mass is 746 g/mol. The van der Waals surface area contributed by atoms with Crippen LogP contribution in [0.25, 0.3) is 5.83 Å². The number of rotatable bonds is 17. The molecule has 0 aliphatic rings. The van der Waals surface area contributed by atoms with Crippen molar-refractivity contribution in [2.24, 2.45) is 0 Å². The Hall–Kier alpha value is -1.52. The van der Waals surface area contributed by atoms with E-state index in [1.807, 2.05) is 32.9 Å². The highest BCUT2D eigenvalue weighted by atomic mass is 79.9. The van der Waals surface area contributed by atoms with Gasteiger partial charge in [-0.15, -0.1) is 0 Å². The van der Waals surface area contributed by atoms with Gasteiger partial charge in [0, 0.05) is 10.0 Å². The second-order valence-electron chi connectivity index (χ2n) is 12.1. The third-order valence-electron chi connectivity index (χ3n) is 9.61. The lowest BCUT2D eigenvalue weighted by atomic mass is 10.1. The molecule has 262 valence electrons. The molecule has 0 spiro atoms. The standard InChI is InChI=1S/C19H30F2Si.C11H15Br.C8H15F3Si/c1-5-9-10-11-16-12-14-17(15-13-16)18(20)19(21)22(6-2,7-3)8-4;1-2-3-4-5-10-6-8-11(12)9-7-10;1-4-12(5-2,6-3)8(11)7(9)10/h12-15H,5-11H2,1-4H3;6-9H,2-5H2,1H3;4-6H2,1-3H3/b19-18-;;. The smallest absolute Gasteiger partial charge is 0.214 e. The van der Waals surface area contributed by atoms with E-state index in [0.29, 0.717) is 23.7 Å². The highest BCUT2D eigenvalue weighted by Gasteiger charge is 2.36. The molecule has 2 aromatic carbocycles. The van der Waals surface area contributed by atoms with Crippen LogP contribution in [0, 0.1) is 0 Å². The van der Waals surface area contributed by atoms with Crippen LogP contribution in [0.3, 0.4) is 0 Å². The highest BCUT2D eigenvalue weighted by Crippen LogP contribution is 2.36. The van der Waals surface area contributed by atoms with Gasteiger partial charge in [-0.05, 0) is 48.9 Å². The fourth-order valence-electron chi connectivity index (χ4n) is 5.62. The molecule has 0 saturated heterocycles. The topological polar surface area (TPSA) is 0 Å². The maximum Gasteiger partial charge on any atom is 0.296 e. The van der Waals surface area contributed by atoms with Gasteiger partial charge in [0.2, 0.25) is 0 Å². The number of hydrogen-bond donors (Lipinski definition) is 0. The van der Waals surface area contributed by atoms with Gasteiger partial charge in [-0.3, -0.25) is 0 Å². The fraction of sp³-hybridized carbons (Fsp3) is 0.579. The average molecular weight is 748 g/mol. The van der Waals surface area contributed by atoms with E-state index >= 15 is 0 Å². The zero-order chi connectivity index (χ0) is 35.2. The van der Waals surface area contributed by atoms with Crippen LogP contribution >= 0.6 is 15.9 Å². The largest absolute Gasteiger partial charge is 0.296 e. The molecule has 8 heteroatoms. The Morgan fingerprint density at radius 3 is 1.15 bits per heavy atom. The molecule has 0 aliphatic heterocycles. The van der Waals surface area contributed by atoms with E-state index in [0.717, 1.165) is 31.0 Å². The third kappa shape index (κ3) is 14.7. The van der Waals surface area contributed by atoms with Gasteiger partial charge in [-0.2, -0.15) is 8.78 Å². The molecule has 0 saturated carbocycles. The quantitative estimate of drug-likeness (QED) is 0.0859. The van der Waals surface area contributed by atoms with E-state index in [-0.39, 0.29) is 0 Å². The molecule has 0 nitrogen and oxygen atoms in total. The fourth-order valence-corrected chi connectivity index (χ4v) is 11.8. The summed E-state index contributed by atoms with van der Waals surface area (Å²) in [4.78, 5) is 0. The van der Waals surface area contributed by atoms with Gasteiger partial charge >= 0.3 is 0 Å². The molecular weight excluding hydrogens is 687 g/mol. The Kier molecular flexibility index (Phi) is 23.8. The van der Waals surface area contributed by atoms with Crippen LogP contribution in [-0.4, -0.2) is 16.1 Å². The SMILES string of the molecule is CCCCCc1ccc(/C(F)=C(\F)[Si](CC)(CC)CC)cc1.CCCCCc1ccc(Br)cc1.CC[Si](CC)(CC)C(F)=C(F)F. The second kappa shape index (κ2) is 24.6. The molecule has 0 bridgehead atoms. The normalized spacial score (nSPS) is 12.0. The lowest BCUT2D eigenvalue weighted by Gasteiger charge is -2.26. The van der Waals surface area contributed by atoms with E-state index in [4.69, 9.17) is 0 Å². The summed E-state index contributed by atoms with van der Waals surface area (Å²) < 4.78 is 67.5. The Bertz CT molecular complexity index is 1120. The first kappa shape index (κ1) is 44.5. The molecule has 0 N–H and O–H groups in total. The van der Waals surface area contributed by atoms with Crippen LogP contribution in [0.1, 0.15) is 111 Å². The Morgan fingerprint density at radius 2 is 0.848 bits per heavy atom. The molecule has 0 radical (unpaired) electrons. The predicted molar refractivity (Wildman–Crippen MR) is 201 cm³/mol. The van der Waals surface area contributed by atoms with Crippen LogP contribution in [0.15, 0.2) is 70.0 Å². The minimum Gasteiger partial charge on any atom is -0.214 e. The van der Waals surface area contributed by atoms with Crippen molar-refractivity contribution in [2.75, 3.05) is 0 Å². The first-order chi connectivity index (χ1) is 21.9. The van der Waals surface area contributed by atoms with Crippen molar-refractivity contribution in [3.05, 3.63) is 86.7 Å². The molecule has 46 heavy (non-hydrogen) atoms. The average Bonchev–Trinajstić information content (AvgIpc) is 3.08. The van der Waals surface area contributed by atoms with Gasteiger partial charge in [0.15, 0.2) is 5.83 Å².